The van der Waals surface area contributed by atoms with Crippen LogP contribution in [0.3, 0.4) is 0 Å². The monoisotopic (exact) mass is 265 g/mol. The molecule has 1 saturated heterocycles. The second-order valence-electron chi connectivity index (χ2n) is 4.56. The molecule has 0 spiro atoms. The van der Waals surface area contributed by atoms with Crippen molar-refractivity contribution >= 4 is 29.3 Å². The molecule has 1 aliphatic rings. The summed E-state index contributed by atoms with van der Waals surface area (Å²) in [6.45, 7) is 3.26. The zero-order chi connectivity index (χ0) is 13.1. The molecule has 1 aromatic carbocycles. The van der Waals surface area contributed by atoms with Crippen LogP contribution in [0.15, 0.2) is 24.3 Å². The van der Waals surface area contributed by atoms with E-state index >= 15 is 0 Å². The Bertz CT molecular complexity index is 485. The molecule has 0 saturated carbocycles. The highest BCUT2D eigenvalue weighted by atomic mass is 35.5. The van der Waals surface area contributed by atoms with Crippen LogP contribution in [0.4, 0.5) is 5.69 Å². The zero-order valence-corrected chi connectivity index (χ0v) is 11.0. The molecule has 96 valence electrons. The lowest BCUT2D eigenvalue weighted by molar-refractivity contribution is -0.131. The lowest BCUT2D eigenvalue weighted by Gasteiger charge is -2.24. The number of nitrogens with zero attached hydrogens (tertiary/aromatic N) is 1. The largest absolute Gasteiger partial charge is 0.478 e. The maximum Gasteiger partial charge on any atom is 0.328 e. The highest BCUT2D eigenvalue weighted by Gasteiger charge is 2.20. The minimum atomic E-state index is -0.969. The predicted molar refractivity (Wildman–Crippen MR) is 74.2 cm³/mol. The van der Waals surface area contributed by atoms with Crippen molar-refractivity contribution in [1.29, 1.82) is 0 Å². The van der Waals surface area contributed by atoms with Crippen LogP contribution in [0.2, 0.25) is 5.02 Å². The van der Waals surface area contributed by atoms with Crippen LogP contribution < -0.4 is 4.90 Å². The second kappa shape index (κ2) is 5.44. The van der Waals surface area contributed by atoms with Crippen molar-refractivity contribution in [3.8, 4) is 0 Å². The Morgan fingerprint density at radius 2 is 2.33 bits per heavy atom. The Labute approximate surface area is 112 Å². The standard InChI is InChI=1S/C14H16ClNO2/c1-10-3-2-8-16(10)12-6-4-11(13(15)9-12)5-7-14(17)18/h4-7,9-10H,2-3,8H2,1H3,(H,17,18)/b7-5+. The fourth-order valence-corrected chi connectivity index (χ4v) is 2.55. The van der Waals surface area contributed by atoms with Gasteiger partial charge in [-0.2, -0.15) is 0 Å². The predicted octanol–water partition coefficient (Wildman–Crippen LogP) is 3.43. The summed E-state index contributed by atoms with van der Waals surface area (Å²) < 4.78 is 0. The van der Waals surface area contributed by atoms with Gasteiger partial charge in [0.25, 0.3) is 0 Å². The van der Waals surface area contributed by atoms with Crippen LogP contribution >= 0.6 is 11.6 Å². The first-order chi connectivity index (χ1) is 8.58. The minimum absolute atomic E-state index is 0.543. The van der Waals surface area contributed by atoms with Crippen molar-refractivity contribution in [2.75, 3.05) is 11.4 Å². The molecule has 1 heterocycles. The van der Waals surface area contributed by atoms with E-state index in [1.165, 1.54) is 18.9 Å². The maximum atomic E-state index is 10.5. The molecule has 1 atom stereocenters. The van der Waals surface area contributed by atoms with Gasteiger partial charge < -0.3 is 10.0 Å². The fraction of sp³-hybridized carbons (Fsp3) is 0.357. The van der Waals surface area contributed by atoms with Crippen molar-refractivity contribution < 1.29 is 9.90 Å². The molecular weight excluding hydrogens is 250 g/mol. The van der Waals surface area contributed by atoms with Gasteiger partial charge in [0.2, 0.25) is 0 Å². The Kier molecular flexibility index (Phi) is 3.92. The number of hydrogen-bond donors (Lipinski definition) is 1. The summed E-state index contributed by atoms with van der Waals surface area (Å²) in [6, 6.07) is 6.31. The van der Waals surface area contributed by atoms with Gasteiger partial charge >= 0.3 is 5.97 Å². The smallest absolute Gasteiger partial charge is 0.328 e. The Morgan fingerprint density at radius 1 is 1.56 bits per heavy atom. The van der Waals surface area contributed by atoms with E-state index in [4.69, 9.17) is 16.7 Å². The van der Waals surface area contributed by atoms with E-state index in [-0.39, 0.29) is 0 Å². The van der Waals surface area contributed by atoms with Crippen molar-refractivity contribution in [3.05, 3.63) is 34.9 Å². The quantitative estimate of drug-likeness (QED) is 0.852. The molecule has 1 aromatic rings. The van der Waals surface area contributed by atoms with E-state index in [0.29, 0.717) is 11.1 Å². The van der Waals surface area contributed by atoms with Crippen LogP contribution in [0.5, 0.6) is 0 Å². The Morgan fingerprint density at radius 3 is 2.89 bits per heavy atom. The molecule has 2 rings (SSSR count). The molecule has 0 radical (unpaired) electrons. The third kappa shape index (κ3) is 2.85. The average Bonchev–Trinajstić information content (AvgIpc) is 2.73. The number of carboxylic acid groups (broad SMARTS) is 1. The summed E-state index contributed by atoms with van der Waals surface area (Å²) >= 11 is 6.17. The fourth-order valence-electron chi connectivity index (χ4n) is 2.31. The first-order valence-electron chi connectivity index (χ1n) is 6.05. The molecule has 4 heteroatoms. The van der Waals surface area contributed by atoms with Crippen LogP contribution in [0.25, 0.3) is 6.08 Å². The van der Waals surface area contributed by atoms with E-state index in [0.717, 1.165) is 23.9 Å². The van der Waals surface area contributed by atoms with Crippen LogP contribution in [-0.2, 0) is 4.79 Å². The molecule has 0 aliphatic carbocycles. The molecule has 0 aromatic heterocycles. The molecule has 18 heavy (non-hydrogen) atoms. The first kappa shape index (κ1) is 13.0. The first-order valence-corrected chi connectivity index (χ1v) is 6.43. The second-order valence-corrected chi connectivity index (χ2v) is 4.97. The number of hydrogen-bond acceptors (Lipinski definition) is 2. The zero-order valence-electron chi connectivity index (χ0n) is 10.3. The van der Waals surface area contributed by atoms with Crippen LogP contribution in [0.1, 0.15) is 25.3 Å². The summed E-state index contributed by atoms with van der Waals surface area (Å²) in [6.07, 6.45) is 5.03. The summed E-state index contributed by atoms with van der Waals surface area (Å²) in [4.78, 5) is 12.8. The highest BCUT2D eigenvalue weighted by molar-refractivity contribution is 6.32. The van der Waals surface area contributed by atoms with Crippen LogP contribution in [-0.4, -0.2) is 23.7 Å². The van der Waals surface area contributed by atoms with E-state index in [1.807, 2.05) is 18.2 Å². The average molecular weight is 266 g/mol. The van der Waals surface area contributed by atoms with Gasteiger partial charge in [0, 0.05) is 29.4 Å². The van der Waals surface area contributed by atoms with Gasteiger partial charge in [0.15, 0.2) is 0 Å². The van der Waals surface area contributed by atoms with Crippen LogP contribution in [0, 0.1) is 0 Å². The molecule has 1 N–H and O–H groups in total. The number of carboxylic acids is 1. The third-order valence-electron chi connectivity index (χ3n) is 3.27. The summed E-state index contributed by atoms with van der Waals surface area (Å²) in [5, 5.41) is 9.18. The summed E-state index contributed by atoms with van der Waals surface area (Å²) in [7, 11) is 0. The number of rotatable bonds is 3. The van der Waals surface area contributed by atoms with E-state index in [2.05, 4.69) is 11.8 Å². The van der Waals surface area contributed by atoms with Crippen molar-refractivity contribution in [2.24, 2.45) is 0 Å². The molecule has 3 nitrogen and oxygen atoms in total. The normalized spacial score (nSPS) is 19.7. The van der Waals surface area contributed by atoms with Gasteiger partial charge in [-0.15, -0.1) is 0 Å². The molecule has 1 aliphatic heterocycles. The van der Waals surface area contributed by atoms with Gasteiger partial charge in [0.1, 0.15) is 0 Å². The molecule has 0 amide bonds. The summed E-state index contributed by atoms with van der Waals surface area (Å²) in [5.74, 6) is -0.969. The Balaban J connectivity index is 2.22. The lowest BCUT2D eigenvalue weighted by atomic mass is 10.1. The van der Waals surface area contributed by atoms with Gasteiger partial charge in [-0.25, -0.2) is 4.79 Å². The topological polar surface area (TPSA) is 40.5 Å². The van der Waals surface area contributed by atoms with Crippen molar-refractivity contribution in [3.63, 3.8) is 0 Å². The van der Waals surface area contributed by atoms with E-state index in [9.17, 15) is 4.79 Å². The van der Waals surface area contributed by atoms with E-state index < -0.39 is 5.97 Å². The van der Waals surface area contributed by atoms with Gasteiger partial charge in [-0.05, 0) is 43.5 Å². The minimum Gasteiger partial charge on any atom is -0.478 e. The van der Waals surface area contributed by atoms with Crippen molar-refractivity contribution in [2.45, 2.75) is 25.8 Å². The van der Waals surface area contributed by atoms with Gasteiger partial charge in [-0.1, -0.05) is 17.7 Å². The molecule has 0 bridgehead atoms. The van der Waals surface area contributed by atoms with Gasteiger partial charge in [0.05, 0.1) is 0 Å². The number of aliphatic carboxylic acids is 1. The van der Waals surface area contributed by atoms with E-state index in [1.54, 1.807) is 0 Å². The van der Waals surface area contributed by atoms with Crippen molar-refractivity contribution in [1.82, 2.24) is 0 Å². The number of halogens is 1. The molecule has 1 fully saturated rings. The number of benzene rings is 1. The maximum absolute atomic E-state index is 10.5. The number of carbonyl (C=O) groups is 1. The highest BCUT2D eigenvalue weighted by Crippen LogP contribution is 2.29. The molecule has 1 unspecified atom stereocenters. The van der Waals surface area contributed by atoms with Gasteiger partial charge in [-0.3, -0.25) is 0 Å². The third-order valence-corrected chi connectivity index (χ3v) is 3.60. The summed E-state index contributed by atoms with van der Waals surface area (Å²) in [5.41, 5.74) is 1.84. The molecular formula is C14H16ClNO2. The lowest BCUT2D eigenvalue weighted by Crippen LogP contribution is -2.26. The number of anilines is 1. The Hall–Kier alpha value is -1.48. The SMILES string of the molecule is CC1CCCN1c1ccc(/C=C/C(=O)O)c(Cl)c1.